The first-order valence-electron chi connectivity index (χ1n) is 8.87. The van der Waals surface area contributed by atoms with Gasteiger partial charge in [0.15, 0.2) is 5.17 Å². The number of anilines is 1. The molecule has 2 amide bonds. The molecule has 1 aliphatic rings. The Kier molecular flexibility index (Phi) is 7.05. The van der Waals surface area contributed by atoms with Crippen molar-refractivity contribution in [1.29, 1.82) is 0 Å². The number of hydrogen-bond acceptors (Lipinski definition) is 5. The van der Waals surface area contributed by atoms with Gasteiger partial charge < -0.3 is 10.1 Å². The van der Waals surface area contributed by atoms with Crippen molar-refractivity contribution in [3.63, 3.8) is 0 Å². The quantitative estimate of drug-likeness (QED) is 0.695. The average molecular weight is 452 g/mol. The Hall–Kier alpha value is -2.22. The van der Waals surface area contributed by atoms with Crippen molar-refractivity contribution < 1.29 is 14.3 Å². The average Bonchev–Trinajstić information content (AvgIpc) is 2.69. The molecule has 0 aromatic heterocycles. The number of para-hydroxylation sites is 1. The Balaban J connectivity index is 1.84. The van der Waals surface area contributed by atoms with Crippen molar-refractivity contribution in [2.75, 3.05) is 19.0 Å². The SMILES string of the molecule is CCN1C(=O)CC(C(=O)Nc2ccccc2Cl)SC1=Nc1ccc(OC)c(Cl)c1. The number of nitrogens with zero attached hydrogens (tertiary/aromatic N) is 2. The van der Waals surface area contributed by atoms with E-state index in [2.05, 4.69) is 10.3 Å². The van der Waals surface area contributed by atoms with E-state index >= 15 is 0 Å². The lowest BCUT2D eigenvalue weighted by Crippen LogP contribution is -2.45. The molecular weight excluding hydrogens is 433 g/mol. The molecule has 1 unspecified atom stereocenters. The minimum Gasteiger partial charge on any atom is -0.495 e. The minimum absolute atomic E-state index is 0.0805. The van der Waals surface area contributed by atoms with Gasteiger partial charge in [-0.3, -0.25) is 14.5 Å². The van der Waals surface area contributed by atoms with Gasteiger partial charge in [-0.15, -0.1) is 0 Å². The van der Waals surface area contributed by atoms with E-state index in [0.29, 0.717) is 38.9 Å². The van der Waals surface area contributed by atoms with Crippen molar-refractivity contribution >= 4 is 63.3 Å². The van der Waals surface area contributed by atoms with E-state index in [-0.39, 0.29) is 18.2 Å². The molecule has 3 rings (SSSR count). The molecule has 0 saturated carbocycles. The van der Waals surface area contributed by atoms with Crippen molar-refractivity contribution in [3.8, 4) is 5.75 Å². The van der Waals surface area contributed by atoms with Crippen LogP contribution in [0.25, 0.3) is 0 Å². The number of carbonyl (C=O) groups is 2. The monoisotopic (exact) mass is 451 g/mol. The maximum absolute atomic E-state index is 12.7. The van der Waals surface area contributed by atoms with Crippen LogP contribution in [-0.2, 0) is 9.59 Å². The Bertz CT molecular complexity index is 968. The number of ether oxygens (including phenoxy) is 1. The standard InChI is InChI=1S/C20H19Cl2N3O3S/c1-3-25-18(26)11-17(19(27)24-15-7-5-4-6-13(15)21)29-20(25)23-12-8-9-16(28-2)14(22)10-12/h4-10,17H,3,11H2,1-2H3,(H,24,27). The number of thioether (sulfide) groups is 1. The summed E-state index contributed by atoms with van der Waals surface area (Å²) in [5.41, 5.74) is 1.07. The second kappa shape index (κ2) is 9.52. The van der Waals surface area contributed by atoms with Crippen molar-refractivity contribution in [2.24, 2.45) is 4.99 Å². The first-order valence-corrected chi connectivity index (χ1v) is 10.5. The molecule has 1 N–H and O–H groups in total. The zero-order valence-corrected chi connectivity index (χ0v) is 18.1. The normalized spacial score (nSPS) is 18.1. The second-order valence-electron chi connectivity index (χ2n) is 6.13. The summed E-state index contributed by atoms with van der Waals surface area (Å²) >= 11 is 13.5. The van der Waals surface area contributed by atoms with Gasteiger partial charge in [-0.1, -0.05) is 47.1 Å². The van der Waals surface area contributed by atoms with Gasteiger partial charge in [0, 0.05) is 13.0 Å². The van der Waals surface area contributed by atoms with Gasteiger partial charge in [-0.05, 0) is 37.3 Å². The Morgan fingerprint density at radius 2 is 2.03 bits per heavy atom. The number of amidine groups is 1. The van der Waals surface area contributed by atoms with Gasteiger partial charge in [0.05, 0.1) is 28.5 Å². The molecule has 9 heteroatoms. The molecule has 0 spiro atoms. The molecule has 0 radical (unpaired) electrons. The molecule has 6 nitrogen and oxygen atoms in total. The number of methoxy groups -OCH3 is 1. The first kappa shape index (κ1) is 21.5. The van der Waals surface area contributed by atoms with E-state index in [1.807, 2.05) is 6.92 Å². The summed E-state index contributed by atoms with van der Waals surface area (Å²) in [4.78, 5) is 31.5. The van der Waals surface area contributed by atoms with Crippen LogP contribution in [0.3, 0.4) is 0 Å². The largest absolute Gasteiger partial charge is 0.495 e. The lowest BCUT2D eigenvalue weighted by molar-refractivity contribution is -0.129. The van der Waals surface area contributed by atoms with E-state index in [0.717, 1.165) is 0 Å². The number of benzene rings is 2. The van der Waals surface area contributed by atoms with Crippen LogP contribution in [-0.4, -0.2) is 40.8 Å². The van der Waals surface area contributed by atoms with E-state index < -0.39 is 5.25 Å². The van der Waals surface area contributed by atoms with E-state index in [4.69, 9.17) is 27.9 Å². The number of aliphatic imine (C=N–C) groups is 1. The maximum atomic E-state index is 12.7. The minimum atomic E-state index is -0.617. The zero-order valence-electron chi connectivity index (χ0n) is 15.8. The van der Waals surface area contributed by atoms with Crippen molar-refractivity contribution in [1.82, 2.24) is 4.90 Å². The topological polar surface area (TPSA) is 71.0 Å². The maximum Gasteiger partial charge on any atom is 0.238 e. The Morgan fingerprint density at radius 1 is 1.28 bits per heavy atom. The number of halogens is 2. The van der Waals surface area contributed by atoms with Gasteiger partial charge in [0.2, 0.25) is 11.8 Å². The fraction of sp³-hybridized carbons (Fsp3) is 0.250. The third-order valence-corrected chi connectivity index (χ3v) is 6.05. The molecule has 2 aromatic carbocycles. The third-order valence-electron chi connectivity index (χ3n) is 4.24. The Labute approximate surface area is 183 Å². The van der Waals surface area contributed by atoms with Gasteiger partial charge in [-0.2, -0.15) is 0 Å². The molecule has 152 valence electrons. The van der Waals surface area contributed by atoms with Crippen LogP contribution in [0.2, 0.25) is 10.0 Å². The number of nitrogens with one attached hydrogen (secondary N) is 1. The first-order chi connectivity index (χ1) is 13.9. The molecular formula is C20H19Cl2N3O3S. The molecule has 1 aliphatic heterocycles. The van der Waals surface area contributed by atoms with Crippen LogP contribution in [0, 0.1) is 0 Å². The summed E-state index contributed by atoms with van der Waals surface area (Å²) in [6.45, 7) is 2.31. The third kappa shape index (κ3) is 5.04. The predicted octanol–water partition coefficient (Wildman–Crippen LogP) is 4.98. The van der Waals surface area contributed by atoms with E-state index in [9.17, 15) is 9.59 Å². The molecule has 0 aliphatic carbocycles. The number of hydrogen-bond donors (Lipinski definition) is 1. The summed E-state index contributed by atoms with van der Waals surface area (Å²) in [6.07, 6.45) is 0.0805. The molecule has 1 heterocycles. The number of rotatable bonds is 5. The zero-order chi connectivity index (χ0) is 21.0. The molecule has 2 aromatic rings. The molecule has 0 bridgehead atoms. The van der Waals surface area contributed by atoms with Crippen molar-refractivity contribution in [2.45, 2.75) is 18.6 Å². The lowest BCUT2D eigenvalue weighted by Gasteiger charge is -2.31. The van der Waals surface area contributed by atoms with Gasteiger partial charge in [0.25, 0.3) is 0 Å². The fourth-order valence-corrected chi connectivity index (χ4v) is 4.36. The summed E-state index contributed by atoms with van der Waals surface area (Å²) < 4.78 is 5.15. The van der Waals surface area contributed by atoms with Gasteiger partial charge in [-0.25, -0.2) is 4.99 Å². The highest BCUT2D eigenvalue weighted by Crippen LogP contribution is 2.33. The number of carbonyl (C=O) groups excluding carboxylic acids is 2. The molecule has 29 heavy (non-hydrogen) atoms. The highest BCUT2D eigenvalue weighted by molar-refractivity contribution is 8.15. The van der Waals surface area contributed by atoms with Crippen LogP contribution in [0.4, 0.5) is 11.4 Å². The highest BCUT2D eigenvalue weighted by atomic mass is 35.5. The smallest absolute Gasteiger partial charge is 0.238 e. The predicted molar refractivity (Wildman–Crippen MR) is 119 cm³/mol. The van der Waals surface area contributed by atoms with Crippen LogP contribution in [0.5, 0.6) is 5.75 Å². The van der Waals surface area contributed by atoms with E-state index in [1.54, 1.807) is 47.4 Å². The lowest BCUT2D eigenvalue weighted by atomic mass is 10.2. The molecule has 1 atom stereocenters. The van der Waals surface area contributed by atoms with Crippen molar-refractivity contribution in [3.05, 3.63) is 52.5 Å². The summed E-state index contributed by atoms with van der Waals surface area (Å²) in [5.74, 6) is 0.0731. The summed E-state index contributed by atoms with van der Waals surface area (Å²) in [6, 6.07) is 12.1. The van der Waals surface area contributed by atoms with E-state index in [1.165, 1.54) is 18.9 Å². The Morgan fingerprint density at radius 3 is 2.69 bits per heavy atom. The van der Waals surface area contributed by atoms with Crippen LogP contribution < -0.4 is 10.1 Å². The van der Waals surface area contributed by atoms with Crippen LogP contribution in [0.15, 0.2) is 47.5 Å². The summed E-state index contributed by atoms with van der Waals surface area (Å²) in [7, 11) is 1.53. The summed E-state index contributed by atoms with van der Waals surface area (Å²) in [5, 5.41) is 3.47. The second-order valence-corrected chi connectivity index (χ2v) is 8.12. The van der Waals surface area contributed by atoms with Gasteiger partial charge >= 0.3 is 0 Å². The van der Waals surface area contributed by atoms with Crippen LogP contribution in [0.1, 0.15) is 13.3 Å². The van der Waals surface area contributed by atoms with Crippen LogP contribution >= 0.6 is 35.0 Å². The molecule has 1 saturated heterocycles. The molecule has 1 fully saturated rings. The number of amides is 2. The highest BCUT2D eigenvalue weighted by Gasteiger charge is 2.35. The van der Waals surface area contributed by atoms with Gasteiger partial charge in [0.1, 0.15) is 11.0 Å². The fourth-order valence-electron chi connectivity index (χ4n) is 2.76.